The molecule has 9 heteroatoms. The van der Waals surface area contributed by atoms with Crippen LogP contribution >= 0.6 is 0 Å². The third-order valence-corrected chi connectivity index (χ3v) is 6.58. The highest BCUT2D eigenvalue weighted by Crippen LogP contribution is 2.25. The van der Waals surface area contributed by atoms with Gasteiger partial charge in [0.2, 0.25) is 0 Å². The fraction of sp³-hybridized carbons (Fsp3) is 0.357. The average molecular weight is 507 g/mol. The lowest BCUT2D eigenvalue weighted by molar-refractivity contribution is -0.139. The lowest BCUT2D eigenvalue weighted by Crippen LogP contribution is -2.50. The average Bonchev–Trinajstić information content (AvgIpc) is 3.48. The zero-order chi connectivity index (χ0) is 26.0. The molecule has 1 atom stereocenters. The lowest BCUT2D eigenvalue weighted by Gasteiger charge is -2.39. The second kappa shape index (κ2) is 12.8. The van der Waals surface area contributed by atoms with Crippen LogP contribution in [0.5, 0.6) is 11.5 Å². The number of furan rings is 1. The third-order valence-electron chi connectivity index (χ3n) is 6.58. The molecule has 2 heterocycles. The van der Waals surface area contributed by atoms with Crippen molar-refractivity contribution in [1.82, 2.24) is 15.5 Å². The van der Waals surface area contributed by atoms with Crippen LogP contribution in [0.1, 0.15) is 17.4 Å². The van der Waals surface area contributed by atoms with Crippen molar-refractivity contribution in [1.29, 1.82) is 0 Å². The standard InChI is InChI=1S/C28H34N4O5/c1-35-23-9-5-21(6-10-23)13-14-29-27(33)28(34)30-20-25(26-4-3-19-37-26)32-17-15-31(16-18-32)22-7-11-24(36-2)12-8-22/h3-12,19,25H,13-18,20H2,1-2H3,(H,29,33)(H,30,34)/t25-/m1/s1. The van der Waals surface area contributed by atoms with Gasteiger partial charge in [0.05, 0.1) is 26.5 Å². The van der Waals surface area contributed by atoms with Crippen LogP contribution in [0.2, 0.25) is 0 Å². The van der Waals surface area contributed by atoms with Gasteiger partial charge in [-0.2, -0.15) is 0 Å². The summed E-state index contributed by atoms with van der Waals surface area (Å²) in [6, 6.07) is 19.2. The molecule has 2 amide bonds. The zero-order valence-corrected chi connectivity index (χ0v) is 21.3. The number of hydrogen-bond acceptors (Lipinski definition) is 7. The van der Waals surface area contributed by atoms with Crippen molar-refractivity contribution >= 4 is 17.5 Å². The van der Waals surface area contributed by atoms with E-state index < -0.39 is 11.8 Å². The first-order chi connectivity index (χ1) is 18.1. The first-order valence-corrected chi connectivity index (χ1v) is 12.4. The van der Waals surface area contributed by atoms with Crippen LogP contribution in [-0.2, 0) is 16.0 Å². The monoisotopic (exact) mass is 506 g/mol. The second-order valence-corrected chi connectivity index (χ2v) is 8.82. The van der Waals surface area contributed by atoms with E-state index in [-0.39, 0.29) is 12.6 Å². The number of anilines is 1. The number of benzene rings is 2. The molecule has 2 aromatic carbocycles. The molecule has 0 aliphatic carbocycles. The van der Waals surface area contributed by atoms with Crippen molar-refractivity contribution in [2.75, 3.05) is 58.4 Å². The molecule has 37 heavy (non-hydrogen) atoms. The molecule has 4 rings (SSSR count). The van der Waals surface area contributed by atoms with Crippen LogP contribution in [-0.4, -0.2) is 70.2 Å². The van der Waals surface area contributed by atoms with Crippen LogP contribution in [0.15, 0.2) is 71.3 Å². The SMILES string of the molecule is COc1ccc(CCNC(=O)C(=O)NC[C@H](c2ccco2)N2CCN(c3ccc(OC)cc3)CC2)cc1. The Morgan fingerprint density at radius 1 is 0.865 bits per heavy atom. The highest BCUT2D eigenvalue weighted by molar-refractivity contribution is 6.35. The van der Waals surface area contributed by atoms with E-state index in [9.17, 15) is 9.59 Å². The van der Waals surface area contributed by atoms with Crippen LogP contribution in [0.25, 0.3) is 0 Å². The molecule has 1 aromatic heterocycles. The number of amides is 2. The van der Waals surface area contributed by atoms with Gasteiger partial charge in [0.25, 0.3) is 0 Å². The smallest absolute Gasteiger partial charge is 0.309 e. The van der Waals surface area contributed by atoms with Crippen molar-refractivity contribution in [3.8, 4) is 11.5 Å². The fourth-order valence-corrected chi connectivity index (χ4v) is 4.44. The molecule has 1 fully saturated rings. The van der Waals surface area contributed by atoms with Gasteiger partial charge >= 0.3 is 11.8 Å². The van der Waals surface area contributed by atoms with Gasteiger partial charge in [-0.3, -0.25) is 14.5 Å². The number of hydrogen-bond donors (Lipinski definition) is 2. The molecule has 9 nitrogen and oxygen atoms in total. The normalized spacial score (nSPS) is 14.6. The molecule has 1 aliphatic heterocycles. The van der Waals surface area contributed by atoms with Crippen molar-refractivity contribution in [3.63, 3.8) is 0 Å². The maximum absolute atomic E-state index is 12.5. The quantitative estimate of drug-likeness (QED) is 0.408. The number of piperazine rings is 1. The van der Waals surface area contributed by atoms with Crippen molar-refractivity contribution < 1.29 is 23.5 Å². The maximum Gasteiger partial charge on any atom is 0.309 e. The Morgan fingerprint density at radius 2 is 1.49 bits per heavy atom. The van der Waals surface area contributed by atoms with E-state index >= 15 is 0 Å². The lowest BCUT2D eigenvalue weighted by atomic mass is 10.1. The summed E-state index contributed by atoms with van der Waals surface area (Å²) in [6.45, 7) is 3.91. The fourth-order valence-electron chi connectivity index (χ4n) is 4.44. The van der Waals surface area contributed by atoms with E-state index in [1.54, 1.807) is 20.5 Å². The number of carbonyl (C=O) groups excluding carboxylic acids is 2. The second-order valence-electron chi connectivity index (χ2n) is 8.82. The Morgan fingerprint density at radius 3 is 2.08 bits per heavy atom. The first-order valence-electron chi connectivity index (χ1n) is 12.4. The highest BCUT2D eigenvalue weighted by Gasteiger charge is 2.28. The van der Waals surface area contributed by atoms with Gasteiger partial charge in [-0.05, 0) is 60.5 Å². The van der Waals surface area contributed by atoms with E-state index in [2.05, 4.69) is 32.6 Å². The summed E-state index contributed by atoms with van der Waals surface area (Å²) in [5.74, 6) is 1.08. The number of rotatable bonds is 10. The predicted molar refractivity (Wildman–Crippen MR) is 141 cm³/mol. The van der Waals surface area contributed by atoms with Crippen LogP contribution in [0.3, 0.4) is 0 Å². The minimum atomic E-state index is -0.650. The number of nitrogens with zero attached hydrogens (tertiary/aromatic N) is 2. The molecule has 0 bridgehead atoms. The zero-order valence-electron chi connectivity index (χ0n) is 21.3. The highest BCUT2D eigenvalue weighted by atomic mass is 16.5. The van der Waals surface area contributed by atoms with Crippen LogP contribution in [0.4, 0.5) is 5.69 Å². The molecule has 2 N–H and O–H groups in total. The molecular weight excluding hydrogens is 472 g/mol. The first kappa shape index (κ1) is 26.1. The molecule has 3 aromatic rings. The minimum absolute atomic E-state index is 0.163. The van der Waals surface area contributed by atoms with Gasteiger partial charge < -0.3 is 29.4 Å². The van der Waals surface area contributed by atoms with E-state index in [0.29, 0.717) is 13.0 Å². The van der Waals surface area contributed by atoms with Crippen LogP contribution < -0.4 is 25.0 Å². The van der Waals surface area contributed by atoms with Crippen molar-refractivity contribution in [3.05, 3.63) is 78.3 Å². The third kappa shape index (κ3) is 7.04. The van der Waals surface area contributed by atoms with Gasteiger partial charge in [0.1, 0.15) is 17.3 Å². The predicted octanol–water partition coefficient (Wildman–Crippen LogP) is 2.64. The van der Waals surface area contributed by atoms with E-state index in [0.717, 1.165) is 54.7 Å². The summed E-state index contributed by atoms with van der Waals surface area (Å²) >= 11 is 0. The Hall–Kier alpha value is -3.98. The number of nitrogens with one attached hydrogen (secondary N) is 2. The summed E-state index contributed by atoms with van der Waals surface area (Å²) in [7, 11) is 3.28. The Kier molecular flexibility index (Phi) is 9.04. The Bertz CT molecular complexity index is 1120. The minimum Gasteiger partial charge on any atom is -0.497 e. The van der Waals surface area contributed by atoms with Gasteiger partial charge in [-0.15, -0.1) is 0 Å². The molecule has 196 valence electrons. The topological polar surface area (TPSA) is 96.3 Å². The van der Waals surface area contributed by atoms with E-state index in [4.69, 9.17) is 13.9 Å². The number of carbonyl (C=O) groups is 2. The molecule has 0 unspecified atom stereocenters. The summed E-state index contributed by atoms with van der Waals surface area (Å²) in [4.78, 5) is 29.5. The number of ether oxygens (including phenoxy) is 2. The summed E-state index contributed by atoms with van der Waals surface area (Å²) < 4.78 is 16.1. The largest absolute Gasteiger partial charge is 0.497 e. The molecular formula is C28H34N4O5. The summed E-state index contributed by atoms with van der Waals surface area (Å²) in [5, 5.41) is 5.49. The van der Waals surface area contributed by atoms with Gasteiger partial charge in [0, 0.05) is 45.0 Å². The van der Waals surface area contributed by atoms with Crippen molar-refractivity contribution in [2.24, 2.45) is 0 Å². The molecule has 1 aliphatic rings. The Labute approximate surface area is 217 Å². The number of methoxy groups -OCH3 is 2. The molecule has 0 radical (unpaired) electrons. The van der Waals surface area contributed by atoms with Gasteiger partial charge in [-0.25, -0.2) is 0 Å². The summed E-state index contributed by atoms with van der Waals surface area (Å²) in [5.41, 5.74) is 2.20. The maximum atomic E-state index is 12.5. The van der Waals surface area contributed by atoms with Gasteiger partial charge in [-0.1, -0.05) is 12.1 Å². The molecule has 0 spiro atoms. The summed E-state index contributed by atoms with van der Waals surface area (Å²) in [6.07, 6.45) is 2.25. The van der Waals surface area contributed by atoms with E-state index in [1.165, 1.54) is 0 Å². The Balaban J connectivity index is 1.26. The van der Waals surface area contributed by atoms with Crippen LogP contribution in [0, 0.1) is 0 Å². The van der Waals surface area contributed by atoms with Crippen molar-refractivity contribution in [2.45, 2.75) is 12.5 Å². The van der Waals surface area contributed by atoms with E-state index in [1.807, 2.05) is 48.5 Å². The molecule has 0 saturated carbocycles. The molecule has 1 saturated heterocycles. The van der Waals surface area contributed by atoms with Gasteiger partial charge in [0.15, 0.2) is 0 Å².